The van der Waals surface area contributed by atoms with Crippen molar-refractivity contribution >= 4 is 8.32 Å². The first-order chi connectivity index (χ1) is 29.8. The predicted octanol–water partition coefficient (Wildman–Crippen LogP) is 5.09. The molecule has 4 aliphatic rings. The van der Waals surface area contributed by atoms with Gasteiger partial charge in [-0.25, -0.2) is 0 Å². The van der Waals surface area contributed by atoms with Gasteiger partial charge < -0.3 is 71.5 Å². The number of rotatable bonds is 17. The highest BCUT2D eigenvalue weighted by atomic mass is 28.4. The standard InChI is InChI=1S/C46H64O15Si/c1-45(2,3)62(7,8)61-38-34(26-49-4)57-44(40(51-6)39(38)53-24-29-15-11-9-12-16-29)58-43-41(54-25-30-17-13-10-14-18-30)37-35(27-55-43)59-46(60-37)42(48)36(47)33(28-56-46)52-23-31-19-21-32(50-5)22-20-31/h9-22,33-44,47-48H,23-28H2,1-8H3/t33-,34-,35+,36+,37-,38-,39+,40+,41-,42-,43+,44+,46-/m1/s1. The maximum Gasteiger partial charge on any atom is 0.314 e. The summed E-state index contributed by atoms with van der Waals surface area (Å²) in [6, 6.07) is 26.9. The second-order valence-electron chi connectivity index (χ2n) is 17.7. The van der Waals surface area contributed by atoms with E-state index >= 15 is 0 Å². The fraction of sp³-hybridized carbons (Fsp3) is 0.609. The van der Waals surface area contributed by atoms with E-state index in [1.165, 1.54) is 0 Å². The highest BCUT2D eigenvalue weighted by Gasteiger charge is 2.64. The third kappa shape index (κ3) is 10.6. The van der Waals surface area contributed by atoms with Crippen molar-refractivity contribution in [1.82, 2.24) is 0 Å². The highest BCUT2D eigenvalue weighted by Crippen LogP contribution is 2.44. The molecule has 0 aliphatic carbocycles. The van der Waals surface area contributed by atoms with Crippen molar-refractivity contribution < 1.29 is 71.5 Å². The molecule has 2 N–H and O–H groups in total. The lowest BCUT2D eigenvalue weighted by molar-refractivity contribution is -0.420. The van der Waals surface area contributed by atoms with Gasteiger partial charge in [-0.3, -0.25) is 0 Å². The molecule has 16 heteroatoms. The minimum atomic E-state index is -2.40. The molecule has 0 aromatic heterocycles. The van der Waals surface area contributed by atoms with Crippen LogP contribution in [0.3, 0.4) is 0 Å². The van der Waals surface area contributed by atoms with Gasteiger partial charge in [-0.05, 0) is 47.0 Å². The van der Waals surface area contributed by atoms with E-state index in [-0.39, 0.29) is 44.7 Å². The molecule has 13 atom stereocenters. The first kappa shape index (κ1) is 47.1. The minimum absolute atomic E-state index is 0.0250. The quantitative estimate of drug-likeness (QED) is 0.173. The molecule has 4 heterocycles. The van der Waals surface area contributed by atoms with E-state index in [0.29, 0.717) is 5.75 Å². The molecule has 3 aromatic rings. The summed E-state index contributed by atoms with van der Waals surface area (Å²) < 4.78 is 82.5. The van der Waals surface area contributed by atoms with Gasteiger partial charge in [0, 0.05) is 14.2 Å². The van der Waals surface area contributed by atoms with Gasteiger partial charge in [0.15, 0.2) is 27.0 Å². The van der Waals surface area contributed by atoms with Gasteiger partial charge in [0.05, 0.1) is 46.8 Å². The van der Waals surface area contributed by atoms with Crippen molar-refractivity contribution in [2.45, 2.75) is 138 Å². The van der Waals surface area contributed by atoms with Crippen molar-refractivity contribution in [3.8, 4) is 5.75 Å². The fourth-order valence-electron chi connectivity index (χ4n) is 7.83. The van der Waals surface area contributed by atoms with E-state index in [0.717, 1.165) is 16.7 Å². The van der Waals surface area contributed by atoms with Gasteiger partial charge >= 0.3 is 5.97 Å². The summed E-state index contributed by atoms with van der Waals surface area (Å²) in [4.78, 5) is 0. The zero-order valence-corrected chi connectivity index (χ0v) is 38.0. The van der Waals surface area contributed by atoms with Crippen LogP contribution in [-0.4, -0.2) is 139 Å². The zero-order chi connectivity index (χ0) is 44.1. The Morgan fingerprint density at radius 2 is 1.32 bits per heavy atom. The van der Waals surface area contributed by atoms with Crippen LogP contribution in [-0.2, 0) is 76.4 Å². The van der Waals surface area contributed by atoms with Crippen molar-refractivity contribution in [1.29, 1.82) is 0 Å². The highest BCUT2D eigenvalue weighted by molar-refractivity contribution is 6.74. The van der Waals surface area contributed by atoms with E-state index in [1.807, 2.05) is 84.9 Å². The Kier molecular flexibility index (Phi) is 15.6. The SMILES string of the molecule is COC[C@H]1O[C@@H](O[C@@H]2OC[C@@H]3O[C@@]4(OC[C@@H](OCc5ccc(OC)cc5)[C@H](O)[C@H]4O)O[C@H]3[C@H]2OCc2ccccc2)[C@@H](OC)[C@@H](OCc2ccccc2)[C@@H]1O[Si](C)(C)C(C)(C)C. The van der Waals surface area contributed by atoms with Crippen molar-refractivity contribution in [2.24, 2.45) is 0 Å². The third-order valence-corrected chi connectivity index (χ3v) is 16.9. The number of aliphatic hydroxyl groups excluding tert-OH is 2. The molecule has 342 valence electrons. The topological polar surface area (TPSA) is 160 Å². The van der Waals surface area contributed by atoms with Crippen LogP contribution in [0, 0.1) is 0 Å². The molecule has 15 nitrogen and oxygen atoms in total. The van der Waals surface area contributed by atoms with Crippen LogP contribution in [0.4, 0.5) is 0 Å². The number of methoxy groups -OCH3 is 3. The number of benzene rings is 3. The van der Waals surface area contributed by atoms with Crippen molar-refractivity contribution in [3.05, 3.63) is 102 Å². The summed E-state index contributed by atoms with van der Waals surface area (Å²) in [5.41, 5.74) is 2.73. The van der Waals surface area contributed by atoms with Crippen LogP contribution in [0.2, 0.25) is 18.1 Å². The Morgan fingerprint density at radius 3 is 1.92 bits per heavy atom. The van der Waals surface area contributed by atoms with Gasteiger partial charge in [-0.2, -0.15) is 0 Å². The number of hydrogen-bond acceptors (Lipinski definition) is 15. The molecular weight excluding hydrogens is 821 g/mol. The fourth-order valence-corrected chi connectivity index (χ4v) is 9.15. The molecule has 4 fully saturated rings. The molecule has 7 rings (SSSR count). The number of fused-ring (bicyclic) bond motifs is 1. The molecule has 0 unspecified atom stereocenters. The monoisotopic (exact) mass is 884 g/mol. The average Bonchev–Trinajstić information content (AvgIpc) is 3.65. The van der Waals surface area contributed by atoms with Gasteiger partial charge in [-0.1, -0.05) is 93.6 Å². The number of aliphatic hydroxyl groups is 2. The lowest BCUT2D eigenvalue weighted by Crippen LogP contribution is -2.65. The molecular formula is C46H64O15Si. The lowest BCUT2D eigenvalue weighted by atomic mass is 9.98. The second-order valence-corrected chi connectivity index (χ2v) is 22.4. The molecule has 0 radical (unpaired) electrons. The Morgan fingerprint density at radius 1 is 0.710 bits per heavy atom. The molecule has 0 saturated carbocycles. The van der Waals surface area contributed by atoms with Crippen molar-refractivity contribution in [3.63, 3.8) is 0 Å². The largest absolute Gasteiger partial charge is 0.497 e. The second kappa shape index (κ2) is 20.5. The summed E-state index contributed by atoms with van der Waals surface area (Å²) in [5, 5.41) is 22.8. The summed E-state index contributed by atoms with van der Waals surface area (Å²) >= 11 is 0. The molecule has 4 aliphatic heterocycles. The van der Waals surface area contributed by atoms with Crippen LogP contribution in [0.15, 0.2) is 84.9 Å². The van der Waals surface area contributed by atoms with Gasteiger partial charge in [0.2, 0.25) is 0 Å². The Hall–Kier alpha value is -2.88. The van der Waals surface area contributed by atoms with E-state index < -0.39 is 87.9 Å². The first-order valence-electron chi connectivity index (χ1n) is 21.3. The Labute approximate surface area is 365 Å². The summed E-state index contributed by atoms with van der Waals surface area (Å²) in [7, 11) is 2.40. The molecule has 1 spiro atoms. The van der Waals surface area contributed by atoms with Crippen LogP contribution in [0.5, 0.6) is 5.75 Å². The Bertz CT molecular complexity index is 1820. The molecule has 0 amide bonds. The smallest absolute Gasteiger partial charge is 0.314 e. The summed E-state index contributed by atoms with van der Waals surface area (Å²) in [6.45, 7) is 11.6. The first-order valence-corrected chi connectivity index (χ1v) is 24.2. The van der Waals surface area contributed by atoms with Crippen LogP contribution in [0.25, 0.3) is 0 Å². The summed E-state index contributed by atoms with van der Waals surface area (Å²) in [6.07, 6.45) is -11.3. The normalized spacial score (nSPS) is 34.0. The van der Waals surface area contributed by atoms with Crippen LogP contribution >= 0.6 is 0 Å². The molecule has 62 heavy (non-hydrogen) atoms. The summed E-state index contributed by atoms with van der Waals surface area (Å²) in [5.74, 6) is -1.32. The zero-order valence-electron chi connectivity index (χ0n) is 37.0. The van der Waals surface area contributed by atoms with E-state index in [2.05, 4.69) is 33.9 Å². The number of ether oxygens (including phenoxy) is 12. The maximum atomic E-state index is 11.6. The van der Waals surface area contributed by atoms with Crippen LogP contribution in [0.1, 0.15) is 37.5 Å². The van der Waals surface area contributed by atoms with Crippen LogP contribution < -0.4 is 4.74 Å². The maximum absolute atomic E-state index is 11.6. The molecule has 0 bridgehead atoms. The minimum Gasteiger partial charge on any atom is -0.497 e. The Balaban J connectivity index is 1.12. The van der Waals surface area contributed by atoms with E-state index in [4.69, 9.17) is 61.3 Å². The van der Waals surface area contributed by atoms with E-state index in [9.17, 15) is 10.2 Å². The molecule has 4 saturated heterocycles. The average molecular weight is 885 g/mol. The van der Waals surface area contributed by atoms with Gasteiger partial charge in [0.1, 0.15) is 60.7 Å². The van der Waals surface area contributed by atoms with Crippen molar-refractivity contribution in [2.75, 3.05) is 41.2 Å². The van der Waals surface area contributed by atoms with E-state index in [1.54, 1.807) is 21.3 Å². The van der Waals surface area contributed by atoms with Gasteiger partial charge in [0.25, 0.3) is 0 Å². The van der Waals surface area contributed by atoms with Gasteiger partial charge in [-0.15, -0.1) is 0 Å². The third-order valence-electron chi connectivity index (χ3n) is 12.4. The molecule has 3 aromatic carbocycles. The lowest BCUT2D eigenvalue weighted by Gasteiger charge is -2.50. The predicted molar refractivity (Wildman–Crippen MR) is 226 cm³/mol. The number of hydrogen-bond donors (Lipinski definition) is 2.